The van der Waals surface area contributed by atoms with E-state index in [-0.39, 0.29) is 11.0 Å². The van der Waals surface area contributed by atoms with E-state index in [1.54, 1.807) is 12.1 Å². The van der Waals surface area contributed by atoms with Crippen LogP contribution in [0.25, 0.3) is 0 Å². The Hall–Kier alpha value is -0.320. The predicted octanol–water partition coefficient (Wildman–Crippen LogP) is 5.47. The average molecular weight is 608 g/mol. The molecule has 4 nitrogen and oxygen atoms in total. The SMILES string of the molecule is O=C(N[C@@H](NC(=S)Nc1cccc(Br)c1)C(Cl)(Cl)Cl)c1ccccc1I. The second kappa shape index (κ2) is 9.75. The third kappa shape index (κ3) is 6.69. The number of carbonyl (C=O) groups excluding carboxylic acids is 1. The highest BCUT2D eigenvalue weighted by atomic mass is 127. The van der Waals surface area contributed by atoms with Gasteiger partial charge in [0.05, 0.1) is 5.56 Å². The van der Waals surface area contributed by atoms with Gasteiger partial charge in [0.1, 0.15) is 6.17 Å². The topological polar surface area (TPSA) is 53.2 Å². The van der Waals surface area contributed by atoms with Crippen molar-refractivity contribution in [3.05, 3.63) is 62.1 Å². The van der Waals surface area contributed by atoms with E-state index in [2.05, 4.69) is 54.5 Å². The Morgan fingerprint density at radius 3 is 2.42 bits per heavy atom. The number of carbonyl (C=O) groups is 1. The van der Waals surface area contributed by atoms with Crippen molar-refractivity contribution in [2.75, 3.05) is 5.32 Å². The molecule has 0 saturated heterocycles. The molecule has 0 bridgehead atoms. The number of amides is 1. The first kappa shape index (κ1) is 22.0. The minimum atomic E-state index is -1.82. The van der Waals surface area contributed by atoms with Crippen LogP contribution in [0.2, 0.25) is 0 Å². The third-order valence-corrected chi connectivity index (χ3v) is 5.39. The maximum absolute atomic E-state index is 12.5. The van der Waals surface area contributed by atoms with Crippen molar-refractivity contribution in [3.8, 4) is 0 Å². The number of alkyl halides is 3. The minimum Gasteiger partial charge on any atom is -0.339 e. The second-order valence-electron chi connectivity index (χ2n) is 5.04. The number of hydrogen-bond acceptors (Lipinski definition) is 2. The van der Waals surface area contributed by atoms with Crippen molar-refractivity contribution in [2.24, 2.45) is 0 Å². The van der Waals surface area contributed by atoms with E-state index < -0.39 is 9.96 Å². The van der Waals surface area contributed by atoms with E-state index >= 15 is 0 Å². The molecule has 1 amide bonds. The van der Waals surface area contributed by atoms with Crippen molar-refractivity contribution in [2.45, 2.75) is 9.96 Å². The molecule has 0 heterocycles. The van der Waals surface area contributed by atoms with Crippen LogP contribution in [0.4, 0.5) is 5.69 Å². The first-order chi connectivity index (χ1) is 12.2. The number of thiocarbonyl (C=S) groups is 1. The van der Waals surface area contributed by atoms with Crippen LogP contribution in [-0.4, -0.2) is 21.0 Å². The highest BCUT2D eigenvalue weighted by Gasteiger charge is 2.35. The summed E-state index contributed by atoms with van der Waals surface area (Å²) in [4.78, 5) is 12.5. The monoisotopic (exact) mass is 605 g/mol. The van der Waals surface area contributed by atoms with Crippen LogP contribution < -0.4 is 16.0 Å². The van der Waals surface area contributed by atoms with Gasteiger partial charge in [-0.3, -0.25) is 4.79 Å². The molecule has 0 spiro atoms. The third-order valence-electron chi connectivity index (χ3n) is 3.08. The van der Waals surface area contributed by atoms with Gasteiger partial charge >= 0.3 is 0 Å². The molecule has 2 aromatic rings. The Kier molecular flexibility index (Phi) is 8.24. The molecule has 0 aliphatic heterocycles. The molecule has 26 heavy (non-hydrogen) atoms. The van der Waals surface area contributed by atoms with E-state index in [0.29, 0.717) is 5.56 Å². The van der Waals surface area contributed by atoms with Crippen LogP contribution in [0.1, 0.15) is 10.4 Å². The second-order valence-corrected chi connectivity index (χ2v) is 9.89. The van der Waals surface area contributed by atoms with E-state index in [1.807, 2.05) is 36.4 Å². The fourth-order valence-electron chi connectivity index (χ4n) is 1.92. The molecule has 2 rings (SSSR count). The van der Waals surface area contributed by atoms with Gasteiger partial charge in [0.2, 0.25) is 3.79 Å². The highest BCUT2D eigenvalue weighted by Crippen LogP contribution is 2.29. The standard InChI is InChI=1S/C16H12BrCl3IN3OS/c17-9-4-3-5-10(8-9)22-15(26)24-14(16(18,19)20)23-13(25)11-6-1-2-7-12(11)21/h1-8,14H,(H,23,25)(H2,22,24,26)/t14-/m0/s1. The predicted molar refractivity (Wildman–Crippen MR) is 124 cm³/mol. The van der Waals surface area contributed by atoms with E-state index in [4.69, 9.17) is 47.0 Å². The molecule has 0 radical (unpaired) electrons. The Morgan fingerprint density at radius 1 is 1.12 bits per heavy atom. The number of anilines is 1. The van der Waals surface area contributed by atoms with Gasteiger partial charge in [0, 0.05) is 13.7 Å². The van der Waals surface area contributed by atoms with Gasteiger partial charge in [-0.25, -0.2) is 0 Å². The summed E-state index contributed by atoms with van der Waals surface area (Å²) >= 11 is 28.7. The maximum atomic E-state index is 12.5. The fraction of sp³-hybridized carbons (Fsp3) is 0.125. The van der Waals surface area contributed by atoms with Crippen molar-refractivity contribution < 1.29 is 4.79 Å². The van der Waals surface area contributed by atoms with Gasteiger partial charge in [0.25, 0.3) is 5.91 Å². The molecule has 138 valence electrons. The smallest absolute Gasteiger partial charge is 0.254 e. The molecular formula is C16H12BrCl3IN3OS. The van der Waals surface area contributed by atoms with Crippen LogP contribution in [0.5, 0.6) is 0 Å². The Labute approximate surface area is 193 Å². The molecule has 3 N–H and O–H groups in total. The van der Waals surface area contributed by atoms with Gasteiger partial charge in [-0.05, 0) is 65.1 Å². The molecule has 0 fully saturated rings. The van der Waals surface area contributed by atoms with Crippen molar-refractivity contribution >= 4 is 102 Å². The number of halogens is 5. The number of rotatable bonds is 4. The Balaban J connectivity index is 2.09. The van der Waals surface area contributed by atoms with Crippen molar-refractivity contribution in [1.29, 1.82) is 0 Å². The molecular weight excluding hydrogens is 595 g/mol. The number of hydrogen-bond donors (Lipinski definition) is 3. The van der Waals surface area contributed by atoms with Crippen molar-refractivity contribution in [1.82, 2.24) is 10.6 Å². The van der Waals surface area contributed by atoms with Crippen LogP contribution in [0.15, 0.2) is 53.0 Å². The maximum Gasteiger partial charge on any atom is 0.254 e. The Morgan fingerprint density at radius 2 is 1.81 bits per heavy atom. The first-order valence-corrected chi connectivity index (χ1v) is 10.5. The number of benzene rings is 2. The summed E-state index contributed by atoms with van der Waals surface area (Å²) < 4.78 is -0.158. The van der Waals surface area contributed by atoms with Crippen LogP contribution >= 0.6 is 85.5 Å². The summed E-state index contributed by atoms with van der Waals surface area (Å²) in [6.45, 7) is 0. The lowest BCUT2D eigenvalue weighted by atomic mass is 10.2. The normalized spacial score (nSPS) is 12.2. The lowest BCUT2D eigenvalue weighted by Crippen LogP contribution is -2.56. The molecule has 0 aliphatic rings. The number of nitrogens with one attached hydrogen (secondary N) is 3. The summed E-state index contributed by atoms with van der Waals surface area (Å²) in [7, 11) is 0. The first-order valence-electron chi connectivity index (χ1n) is 7.12. The molecule has 10 heteroatoms. The molecule has 0 unspecified atom stereocenters. The summed E-state index contributed by atoms with van der Waals surface area (Å²) in [6, 6.07) is 14.5. The van der Waals surface area contributed by atoms with E-state index in [9.17, 15) is 4.79 Å². The molecule has 0 aliphatic carbocycles. The zero-order valence-corrected chi connectivity index (χ0v) is 19.7. The minimum absolute atomic E-state index is 0.197. The summed E-state index contributed by atoms with van der Waals surface area (Å²) in [5.41, 5.74) is 1.21. The summed E-state index contributed by atoms with van der Waals surface area (Å²) in [5.74, 6) is -0.385. The zero-order valence-electron chi connectivity index (χ0n) is 12.9. The van der Waals surface area contributed by atoms with Crippen molar-refractivity contribution in [3.63, 3.8) is 0 Å². The quantitative estimate of drug-likeness (QED) is 0.187. The fourth-order valence-corrected chi connectivity index (χ4v) is 3.51. The molecule has 0 aromatic heterocycles. The Bertz CT molecular complexity index is 819. The summed E-state index contributed by atoms with van der Waals surface area (Å²) in [6.07, 6.45) is -1.04. The average Bonchev–Trinajstić information content (AvgIpc) is 2.53. The van der Waals surface area contributed by atoms with Crippen LogP contribution in [-0.2, 0) is 0 Å². The molecule has 1 atom stereocenters. The van der Waals surface area contributed by atoms with Gasteiger partial charge in [-0.1, -0.05) is 68.9 Å². The molecule has 0 saturated carbocycles. The van der Waals surface area contributed by atoms with Gasteiger partial charge in [-0.2, -0.15) is 0 Å². The zero-order chi connectivity index (χ0) is 19.3. The van der Waals surface area contributed by atoms with Gasteiger partial charge < -0.3 is 16.0 Å². The van der Waals surface area contributed by atoms with Gasteiger partial charge in [0.15, 0.2) is 5.11 Å². The molecule has 2 aromatic carbocycles. The summed E-state index contributed by atoms with van der Waals surface area (Å²) in [5, 5.41) is 8.64. The van der Waals surface area contributed by atoms with E-state index in [0.717, 1.165) is 13.7 Å². The lowest BCUT2D eigenvalue weighted by molar-refractivity contribution is 0.0933. The van der Waals surface area contributed by atoms with Crippen LogP contribution in [0.3, 0.4) is 0 Å². The lowest BCUT2D eigenvalue weighted by Gasteiger charge is -2.28. The van der Waals surface area contributed by atoms with Crippen LogP contribution in [0, 0.1) is 3.57 Å². The van der Waals surface area contributed by atoms with E-state index in [1.165, 1.54) is 0 Å². The largest absolute Gasteiger partial charge is 0.339 e. The van der Waals surface area contributed by atoms with Gasteiger partial charge in [-0.15, -0.1) is 0 Å². The highest BCUT2D eigenvalue weighted by molar-refractivity contribution is 14.1.